The smallest absolute Gasteiger partial charge is 0.338 e. The van der Waals surface area contributed by atoms with Gasteiger partial charge in [0.25, 0.3) is 5.56 Å². The Labute approximate surface area is 238 Å². The summed E-state index contributed by atoms with van der Waals surface area (Å²) in [4.78, 5) is 32.2. The molecule has 41 heavy (non-hydrogen) atoms. The number of para-hydroxylation sites is 1. The van der Waals surface area contributed by atoms with Crippen LogP contribution in [0.15, 0.2) is 87.8 Å². The van der Waals surface area contributed by atoms with Gasteiger partial charge in [0.1, 0.15) is 18.2 Å². The first kappa shape index (κ1) is 26.5. The van der Waals surface area contributed by atoms with E-state index in [2.05, 4.69) is 4.99 Å². The maximum atomic E-state index is 14.1. The zero-order valence-corrected chi connectivity index (χ0v) is 23.1. The standard InChI is InChI=1S/C31H25FN2O6S/c1-3-37-30(36)27-18(2)33-31-34(28(27)20-12-13-24-25(14-20)40-17-39-24)29(35)26(41-31)15-19-8-5-7-11-23(19)38-16-21-9-4-6-10-22(21)32/h4-15,28H,3,16-17H2,1-2H3/b26-15-. The molecule has 8 nitrogen and oxygen atoms in total. The van der Waals surface area contributed by atoms with Gasteiger partial charge >= 0.3 is 5.97 Å². The first-order chi connectivity index (χ1) is 19.9. The molecule has 10 heteroatoms. The second kappa shape index (κ2) is 11.1. The monoisotopic (exact) mass is 572 g/mol. The molecule has 0 saturated heterocycles. The van der Waals surface area contributed by atoms with E-state index < -0.39 is 12.0 Å². The van der Waals surface area contributed by atoms with Crippen molar-refractivity contribution in [1.82, 2.24) is 4.57 Å². The van der Waals surface area contributed by atoms with Gasteiger partial charge in [-0.05, 0) is 49.8 Å². The van der Waals surface area contributed by atoms with Crippen LogP contribution in [0.1, 0.15) is 36.6 Å². The van der Waals surface area contributed by atoms with Crippen LogP contribution >= 0.6 is 11.3 Å². The third-order valence-electron chi connectivity index (χ3n) is 6.78. The lowest BCUT2D eigenvalue weighted by atomic mass is 9.95. The number of carbonyl (C=O) groups excluding carboxylic acids is 1. The molecule has 6 rings (SSSR count). The van der Waals surface area contributed by atoms with E-state index in [1.165, 1.54) is 22.0 Å². The number of benzene rings is 3. The molecule has 3 heterocycles. The largest absolute Gasteiger partial charge is 0.488 e. The van der Waals surface area contributed by atoms with Gasteiger partial charge < -0.3 is 18.9 Å². The average molecular weight is 573 g/mol. The van der Waals surface area contributed by atoms with E-state index in [9.17, 15) is 14.0 Å². The highest BCUT2D eigenvalue weighted by Crippen LogP contribution is 2.38. The normalized spacial score (nSPS) is 15.9. The number of fused-ring (bicyclic) bond motifs is 2. The summed E-state index contributed by atoms with van der Waals surface area (Å²) in [6.07, 6.45) is 1.72. The van der Waals surface area contributed by atoms with E-state index in [0.29, 0.717) is 49.0 Å². The lowest BCUT2D eigenvalue weighted by molar-refractivity contribution is -0.139. The Hall–Kier alpha value is -4.70. The molecule has 2 aliphatic heterocycles. The van der Waals surface area contributed by atoms with Crippen LogP contribution in [0, 0.1) is 5.82 Å². The van der Waals surface area contributed by atoms with E-state index in [1.807, 2.05) is 18.2 Å². The molecule has 0 radical (unpaired) electrons. The van der Waals surface area contributed by atoms with Crippen LogP contribution in [0.25, 0.3) is 6.08 Å². The third-order valence-corrected chi connectivity index (χ3v) is 7.76. The highest BCUT2D eigenvalue weighted by molar-refractivity contribution is 7.07. The van der Waals surface area contributed by atoms with Gasteiger partial charge in [-0.25, -0.2) is 14.2 Å². The summed E-state index contributed by atoms with van der Waals surface area (Å²) < 4.78 is 38.4. The Kier molecular flexibility index (Phi) is 7.15. The van der Waals surface area contributed by atoms with Crippen molar-refractivity contribution in [3.63, 3.8) is 0 Å². The first-order valence-corrected chi connectivity index (χ1v) is 13.8. The Morgan fingerprint density at radius 3 is 2.73 bits per heavy atom. The van der Waals surface area contributed by atoms with E-state index in [4.69, 9.17) is 18.9 Å². The van der Waals surface area contributed by atoms with Gasteiger partial charge in [0, 0.05) is 11.1 Å². The predicted molar refractivity (Wildman–Crippen MR) is 150 cm³/mol. The molecule has 0 fully saturated rings. The molecule has 0 aliphatic carbocycles. The maximum absolute atomic E-state index is 14.1. The lowest BCUT2D eigenvalue weighted by Crippen LogP contribution is -2.39. The summed E-state index contributed by atoms with van der Waals surface area (Å²) in [6, 6.07) is 18.2. The number of esters is 1. The molecule has 0 N–H and O–H groups in total. The van der Waals surface area contributed by atoms with E-state index >= 15 is 0 Å². The van der Waals surface area contributed by atoms with Crippen molar-refractivity contribution >= 4 is 23.4 Å². The van der Waals surface area contributed by atoms with Crippen molar-refractivity contribution in [2.75, 3.05) is 13.4 Å². The van der Waals surface area contributed by atoms with Gasteiger partial charge in [0.15, 0.2) is 16.3 Å². The maximum Gasteiger partial charge on any atom is 0.338 e. The summed E-state index contributed by atoms with van der Waals surface area (Å²) in [5.74, 6) is 0.722. The second-order valence-corrected chi connectivity index (χ2v) is 10.3. The summed E-state index contributed by atoms with van der Waals surface area (Å²) in [5, 5.41) is 0. The zero-order valence-electron chi connectivity index (χ0n) is 22.3. The van der Waals surface area contributed by atoms with Crippen molar-refractivity contribution < 1.29 is 28.1 Å². The highest BCUT2D eigenvalue weighted by Gasteiger charge is 2.34. The first-order valence-electron chi connectivity index (χ1n) is 13.0. The van der Waals surface area contributed by atoms with E-state index in [-0.39, 0.29) is 37.0 Å². The fraction of sp³-hybridized carbons (Fsp3) is 0.194. The van der Waals surface area contributed by atoms with Gasteiger partial charge in [0.2, 0.25) is 6.79 Å². The molecule has 0 amide bonds. The summed E-state index contributed by atoms with van der Waals surface area (Å²) in [7, 11) is 0. The molecule has 1 aromatic heterocycles. The number of hydrogen-bond donors (Lipinski definition) is 0. The quantitative estimate of drug-likeness (QED) is 0.308. The van der Waals surface area contributed by atoms with Crippen LogP contribution in [0.4, 0.5) is 4.39 Å². The topological polar surface area (TPSA) is 88.4 Å². The fourth-order valence-corrected chi connectivity index (χ4v) is 5.87. The van der Waals surface area contributed by atoms with Crippen molar-refractivity contribution in [3.8, 4) is 17.2 Å². The summed E-state index contributed by atoms with van der Waals surface area (Å²) in [6.45, 7) is 3.77. The van der Waals surface area contributed by atoms with Crippen LogP contribution in [0.2, 0.25) is 0 Å². The van der Waals surface area contributed by atoms with Gasteiger partial charge in [-0.1, -0.05) is 53.8 Å². The molecule has 0 spiro atoms. The van der Waals surface area contributed by atoms with Crippen LogP contribution in [0.5, 0.6) is 17.2 Å². The highest BCUT2D eigenvalue weighted by atomic mass is 32.1. The minimum absolute atomic E-state index is 0.0327. The van der Waals surface area contributed by atoms with Crippen LogP contribution in [-0.4, -0.2) is 23.9 Å². The number of rotatable bonds is 7. The summed E-state index contributed by atoms with van der Waals surface area (Å²) in [5.41, 5.74) is 2.15. The molecule has 0 bridgehead atoms. The number of ether oxygens (including phenoxy) is 4. The third kappa shape index (κ3) is 5.02. The van der Waals surface area contributed by atoms with Crippen LogP contribution in [0.3, 0.4) is 0 Å². The Morgan fingerprint density at radius 1 is 1.12 bits per heavy atom. The van der Waals surface area contributed by atoms with Gasteiger partial charge in [0.05, 0.1) is 28.5 Å². The zero-order chi connectivity index (χ0) is 28.5. The molecule has 2 aliphatic rings. The second-order valence-electron chi connectivity index (χ2n) is 9.33. The number of allylic oxidation sites excluding steroid dienone is 1. The molecule has 4 aromatic rings. The minimum Gasteiger partial charge on any atom is -0.488 e. The number of carbonyl (C=O) groups is 1. The van der Waals surface area contributed by atoms with Crippen molar-refractivity contribution in [3.05, 3.63) is 120 Å². The molecular weight excluding hydrogens is 547 g/mol. The minimum atomic E-state index is -0.783. The van der Waals surface area contributed by atoms with Crippen molar-refractivity contribution in [2.24, 2.45) is 4.99 Å². The number of halogens is 1. The molecular formula is C31H25FN2O6S. The number of hydrogen-bond acceptors (Lipinski definition) is 8. The van der Waals surface area contributed by atoms with Gasteiger partial charge in [-0.2, -0.15) is 0 Å². The van der Waals surface area contributed by atoms with E-state index in [1.54, 1.807) is 62.4 Å². The molecule has 0 saturated carbocycles. The Bertz CT molecular complexity index is 1880. The molecule has 1 unspecified atom stereocenters. The molecule has 208 valence electrons. The number of thiazole rings is 1. The van der Waals surface area contributed by atoms with Crippen molar-refractivity contribution in [2.45, 2.75) is 26.5 Å². The average Bonchev–Trinajstić information content (AvgIpc) is 3.56. The molecule has 1 atom stereocenters. The number of nitrogens with zero attached hydrogens (tertiary/aromatic N) is 2. The van der Waals surface area contributed by atoms with Crippen molar-refractivity contribution in [1.29, 1.82) is 0 Å². The van der Waals surface area contributed by atoms with Gasteiger partial charge in [-0.15, -0.1) is 0 Å². The predicted octanol–water partition coefficient (Wildman–Crippen LogP) is 4.25. The Balaban J connectivity index is 1.45. The number of aromatic nitrogens is 1. The van der Waals surface area contributed by atoms with Gasteiger partial charge in [-0.3, -0.25) is 9.36 Å². The van der Waals surface area contributed by atoms with Crippen LogP contribution < -0.4 is 29.1 Å². The summed E-state index contributed by atoms with van der Waals surface area (Å²) >= 11 is 1.21. The van der Waals surface area contributed by atoms with E-state index in [0.717, 1.165) is 0 Å². The van der Waals surface area contributed by atoms with Crippen LogP contribution in [-0.2, 0) is 16.1 Å². The Morgan fingerprint density at radius 2 is 1.90 bits per heavy atom. The fourth-order valence-electron chi connectivity index (χ4n) is 4.83. The lowest BCUT2D eigenvalue weighted by Gasteiger charge is -2.24. The molecule has 3 aromatic carbocycles. The SMILES string of the molecule is CCOC(=O)C1=C(C)N=c2s/c(=C\c3ccccc3OCc3ccccc3F)c(=O)n2C1c1ccc2c(c1)OCO2.